The van der Waals surface area contributed by atoms with Crippen LogP contribution >= 0.6 is 0 Å². The Kier molecular flexibility index (Phi) is 18.1. The summed E-state index contributed by atoms with van der Waals surface area (Å²) in [6.45, 7) is 5.74. The number of hydrogen-bond acceptors (Lipinski definition) is 20. The number of esters is 7. The van der Waals surface area contributed by atoms with Crippen molar-refractivity contribution in [3.05, 3.63) is 35.9 Å². The predicted molar refractivity (Wildman–Crippen MR) is 184 cm³/mol. The highest BCUT2D eigenvalue weighted by atomic mass is 16.8. The molecule has 2 fully saturated rings. The molecule has 0 radical (unpaired) electrons. The molecular formula is C36H47NO20. The van der Waals surface area contributed by atoms with Gasteiger partial charge in [0.15, 0.2) is 43.1 Å². The summed E-state index contributed by atoms with van der Waals surface area (Å²) < 4.78 is 67.3. The first kappa shape index (κ1) is 46.0. The van der Waals surface area contributed by atoms with Gasteiger partial charge in [-0.1, -0.05) is 30.3 Å². The van der Waals surface area contributed by atoms with Crippen LogP contribution in [0.4, 0.5) is 4.79 Å². The molecule has 57 heavy (non-hydrogen) atoms. The second-order valence-corrected chi connectivity index (χ2v) is 12.5. The number of ether oxygens (including phenoxy) is 12. The van der Waals surface area contributed by atoms with Gasteiger partial charge >= 0.3 is 47.9 Å². The molecule has 2 saturated heterocycles. The van der Waals surface area contributed by atoms with Crippen LogP contribution in [0.25, 0.3) is 0 Å². The highest BCUT2D eigenvalue weighted by molar-refractivity contribution is 5.69. The summed E-state index contributed by atoms with van der Waals surface area (Å²) in [5.74, 6) is -6.07. The van der Waals surface area contributed by atoms with E-state index in [0.717, 1.165) is 54.0 Å². The van der Waals surface area contributed by atoms with E-state index in [2.05, 4.69) is 5.32 Å². The molecule has 0 aromatic heterocycles. The quantitative estimate of drug-likeness (QED) is 0.128. The van der Waals surface area contributed by atoms with Gasteiger partial charge in [-0.15, -0.1) is 0 Å². The molecule has 21 heteroatoms. The van der Waals surface area contributed by atoms with Gasteiger partial charge < -0.3 is 62.2 Å². The maximum Gasteiger partial charge on any atom is 0.407 e. The molecule has 0 saturated carbocycles. The Morgan fingerprint density at radius 1 is 0.526 bits per heavy atom. The van der Waals surface area contributed by atoms with Crippen molar-refractivity contribution >= 4 is 47.9 Å². The molecule has 0 bridgehead atoms. The van der Waals surface area contributed by atoms with Crippen molar-refractivity contribution in [2.45, 2.75) is 116 Å². The summed E-state index contributed by atoms with van der Waals surface area (Å²) in [7, 11) is 0. The van der Waals surface area contributed by atoms with Crippen molar-refractivity contribution in [3.63, 3.8) is 0 Å². The Morgan fingerprint density at radius 2 is 0.965 bits per heavy atom. The van der Waals surface area contributed by atoms with Crippen molar-refractivity contribution in [3.8, 4) is 0 Å². The van der Waals surface area contributed by atoms with Gasteiger partial charge in [-0.3, -0.25) is 33.6 Å². The van der Waals surface area contributed by atoms with E-state index in [4.69, 9.17) is 56.8 Å². The molecule has 0 aliphatic carbocycles. The van der Waals surface area contributed by atoms with E-state index in [-0.39, 0.29) is 19.8 Å². The Hall–Kier alpha value is -5.38. The maximum absolute atomic E-state index is 12.6. The average molecular weight is 814 g/mol. The van der Waals surface area contributed by atoms with Crippen LogP contribution in [0.1, 0.15) is 54.0 Å². The summed E-state index contributed by atoms with van der Waals surface area (Å²) in [4.78, 5) is 98.1. The Labute approximate surface area is 327 Å². The van der Waals surface area contributed by atoms with Crippen LogP contribution in [0.15, 0.2) is 30.3 Å². The highest BCUT2D eigenvalue weighted by Crippen LogP contribution is 2.35. The van der Waals surface area contributed by atoms with Crippen molar-refractivity contribution in [1.29, 1.82) is 0 Å². The normalized spacial score (nSPS) is 26.7. The van der Waals surface area contributed by atoms with E-state index in [1.54, 1.807) is 24.3 Å². The van der Waals surface area contributed by atoms with Crippen molar-refractivity contribution in [2.75, 3.05) is 26.4 Å². The number of amides is 1. The summed E-state index contributed by atoms with van der Waals surface area (Å²) in [5, 5.41) is 2.50. The molecule has 1 amide bonds. The molecular weight excluding hydrogens is 766 g/mol. The summed E-state index contributed by atoms with van der Waals surface area (Å²) in [5.41, 5.74) is 0.750. The lowest BCUT2D eigenvalue weighted by atomic mass is 9.96. The largest absolute Gasteiger partial charge is 0.463 e. The predicted octanol–water partition coefficient (Wildman–Crippen LogP) is 0.549. The van der Waals surface area contributed by atoms with Crippen molar-refractivity contribution < 1.29 is 95.2 Å². The molecule has 10 atom stereocenters. The minimum Gasteiger partial charge on any atom is -0.463 e. The fraction of sp³-hybridized carbons (Fsp3) is 0.611. The Morgan fingerprint density at radius 3 is 1.47 bits per heavy atom. The molecule has 2 aliphatic heterocycles. The first-order valence-electron chi connectivity index (χ1n) is 17.6. The zero-order valence-electron chi connectivity index (χ0n) is 32.4. The van der Waals surface area contributed by atoms with Crippen LogP contribution < -0.4 is 5.32 Å². The lowest BCUT2D eigenvalue weighted by molar-refractivity contribution is -0.361. The zero-order valence-corrected chi connectivity index (χ0v) is 32.4. The SMILES string of the molecule is CC(=O)OC[C@H]1O[C@@H](O[C@H]2[C@H](OC(C)=O)[C@@H](OC(C)=O)[C@H](OCCNC(=O)OCc3ccccc3)O[C@@H]2COC(C)=O)[C@H](OC(C)=O)[C@@H](OC(C)=O)[C@@H]1OC(C)=O. The van der Waals surface area contributed by atoms with Gasteiger partial charge in [0.2, 0.25) is 0 Å². The Bertz CT molecular complexity index is 1570. The standard InChI is InChI=1S/C36H47NO20/c1-18(38)47-16-26-28(50-20(3)40)30(51-21(4)41)33(54-24(7)44)35(56-26)57-29-27(17-48-19(2)39)55-34(32(53-23(6)43)31(29)52-22(5)42)46-14-13-37-36(45)49-15-25-11-9-8-10-12-25/h8-12,26-35H,13-17H2,1-7H3,(H,37,45)/t26-,27-,28-,29-,30+,31+,32-,33-,34-,35+/m1/s1. The molecule has 0 spiro atoms. The molecule has 2 heterocycles. The van der Waals surface area contributed by atoms with Gasteiger partial charge in [0.05, 0.1) is 6.61 Å². The maximum atomic E-state index is 12.6. The minimum atomic E-state index is -1.83. The third-order valence-corrected chi connectivity index (χ3v) is 7.75. The van der Waals surface area contributed by atoms with Gasteiger partial charge in [-0.05, 0) is 5.56 Å². The first-order chi connectivity index (χ1) is 26.9. The molecule has 1 aromatic carbocycles. The number of alkyl carbamates (subject to hydrolysis) is 1. The summed E-state index contributed by atoms with van der Waals surface area (Å²) >= 11 is 0. The van der Waals surface area contributed by atoms with Crippen LogP contribution in [0.5, 0.6) is 0 Å². The monoisotopic (exact) mass is 813 g/mol. The van der Waals surface area contributed by atoms with Crippen molar-refractivity contribution in [2.24, 2.45) is 0 Å². The second-order valence-electron chi connectivity index (χ2n) is 12.5. The number of nitrogens with one attached hydrogen (secondary N) is 1. The van der Waals surface area contributed by atoms with E-state index < -0.39 is 123 Å². The topological polar surface area (TPSA) is 259 Å². The van der Waals surface area contributed by atoms with E-state index in [9.17, 15) is 38.4 Å². The molecule has 0 unspecified atom stereocenters. The smallest absolute Gasteiger partial charge is 0.407 e. The minimum absolute atomic E-state index is 0.00335. The van der Waals surface area contributed by atoms with Gasteiger partial charge in [-0.25, -0.2) is 4.79 Å². The number of carbonyl (C=O) groups excluding carboxylic acids is 8. The van der Waals surface area contributed by atoms with Gasteiger partial charge in [0.25, 0.3) is 0 Å². The molecule has 1 aromatic rings. The molecule has 316 valence electrons. The second kappa shape index (κ2) is 22.4. The van der Waals surface area contributed by atoms with Crippen LogP contribution in [0.3, 0.4) is 0 Å². The molecule has 1 N–H and O–H groups in total. The van der Waals surface area contributed by atoms with Gasteiger partial charge in [0.1, 0.15) is 38.1 Å². The third kappa shape index (κ3) is 15.2. The molecule has 2 aliphatic rings. The van der Waals surface area contributed by atoms with E-state index in [1.165, 1.54) is 0 Å². The fourth-order valence-corrected chi connectivity index (χ4v) is 5.71. The van der Waals surface area contributed by atoms with Crippen LogP contribution in [0, 0.1) is 0 Å². The summed E-state index contributed by atoms with van der Waals surface area (Å²) in [6.07, 6.45) is -16.8. The molecule has 3 rings (SSSR count). The van der Waals surface area contributed by atoms with Crippen LogP contribution in [-0.4, -0.2) is 136 Å². The number of benzene rings is 1. The molecule has 21 nitrogen and oxygen atoms in total. The fourth-order valence-electron chi connectivity index (χ4n) is 5.71. The van der Waals surface area contributed by atoms with Gasteiger partial charge in [-0.2, -0.15) is 0 Å². The lowest BCUT2D eigenvalue weighted by Crippen LogP contribution is -2.67. The number of carbonyl (C=O) groups is 8. The van der Waals surface area contributed by atoms with E-state index >= 15 is 0 Å². The summed E-state index contributed by atoms with van der Waals surface area (Å²) in [6, 6.07) is 8.91. The highest BCUT2D eigenvalue weighted by Gasteiger charge is 2.57. The third-order valence-electron chi connectivity index (χ3n) is 7.75. The lowest BCUT2D eigenvalue weighted by Gasteiger charge is -2.48. The first-order valence-corrected chi connectivity index (χ1v) is 17.6. The number of hydrogen-bond donors (Lipinski definition) is 1. The van der Waals surface area contributed by atoms with E-state index in [1.807, 2.05) is 6.07 Å². The van der Waals surface area contributed by atoms with E-state index in [0.29, 0.717) is 0 Å². The van der Waals surface area contributed by atoms with Crippen LogP contribution in [0.2, 0.25) is 0 Å². The number of rotatable bonds is 17. The average Bonchev–Trinajstić information content (AvgIpc) is 3.11. The Balaban J connectivity index is 1.98. The van der Waals surface area contributed by atoms with Crippen molar-refractivity contribution in [1.82, 2.24) is 5.32 Å². The zero-order chi connectivity index (χ0) is 42.2. The van der Waals surface area contributed by atoms with Crippen LogP contribution in [-0.2, 0) is 97.0 Å². The van der Waals surface area contributed by atoms with Gasteiger partial charge in [0, 0.05) is 55.0 Å².